The molecule has 0 saturated carbocycles. The third kappa shape index (κ3) is 4.31. The average molecular weight is 483 g/mol. The lowest BCUT2D eigenvalue weighted by molar-refractivity contribution is 0.0325. The van der Waals surface area contributed by atoms with Crippen molar-refractivity contribution in [2.75, 3.05) is 40.5 Å². The van der Waals surface area contributed by atoms with E-state index in [1.165, 1.54) is 0 Å². The van der Waals surface area contributed by atoms with Crippen molar-refractivity contribution in [2.24, 2.45) is 0 Å². The first-order chi connectivity index (χ1) is 16.6. The van der Waals surface area contributed by atoms with E-state index in [4.69, 9.17) is 28.6 Å². The number of oxazole rings is 1. The maximum absolute atomic E-state index is 13.7. The SMILES string of the molecule is COc1cc2nc(CN3CCOCC3)n(Cc3nc(-c4cccs4)oc3C)c(=O)c2cc1OC. The molecule has 4 heterocycles. The number of morpholine rings is 1. The summed E-state index contributed by atoms with van der Waals surface area (Å²) in [5, 5.41) is 2.44. The minimum absolute atomic E-state index is 0.158. The molecule has 1 aromatic carbocycles. The maximum atomic E-state index is 13.7. The molecule has 0 spiro atoms. The van der Waals surface area contributed by atoms with Gasteiger partial charge in [0.2, 0.25) is 5.89 Å². The number of hydrogen-bond donors (Lipinski definition) is 0. The molecule has 0 unspecified atom stereocenters. The van der Waals surface area contributed by atoms with Crippen molar-refractivity contribution in [3.05, 3.63) is 57.3 Å². The summed E-state index contributed by atoms with van der Waals surface area (Å²) < 4.78 is 23.9. The van der Waals surface area contributed by atoms with Crippen LogP contribution in [0.1, 0.15) is 17.3 Å². The zero-order valence-corrected chi connectivity index (χ0v) is 20.2. The van der Waals surface area contributed by atoms with Gasteiger partial charge in [-0.15, -0.1) is 11.3 Å². The van der Waals surface area contributed by atoms with Crippen molar-refractivity contribution in [1.29, 1.82) is 0 Å². The van der Waals surface area contributed by atoms with E-state index in [-0.39, 0.29) is 12.1 Å². The lowest BCUT2D eigenvalue weighted by Crippen LogP contribution is -2.38. The van der Waals surface area contributed by atoms with Gasteiger partial charge in [0.05, 0.1) is 56.3 Å². The Labute approximate surface area is 200 Å². The van der Waals surface area contributed by atoms with Gasteiger partial charge in [-0.2, -0.15) is 0 Å². The zero-order chi connectivity index (χ0) is 23.7. The van der Waals surface area contributed by atoms with Crippen LogP contribution in [0.15, 0.2) is 38.9 Å². The molecular weight excluding hydrogens is 456 g/mol. The van der Waals surface area contributed by atoms with Crippen LogP contribution in [0.3, 0.4) is 0 Å². The Morgan fingerprint density at radius 3 is 2.56 bits per heavy atom. The highest BCUT2D eigenvalue weighted by molar-refractivity contribution is 7.13. The molecule has 4 aromatic rings. The molecule has 0 bridgehead atoms. The van der Waals surface area contributed by atoms with Crippen LogP contribution in [0.2, 0.25) is 0 Å². The maximum Gasteiger partial charge on any atom is 0.261 e. The lowest BCUT2D eigenvalue weighted by atomic mass is 10.2. The van der Waals surface area contributed by atoms with Gasteiger partial charge in [0, 0.05) is 19.2 Å². The van der Waals surface area contributed by atoms with Crippen LogP contribution in [0.4, 0.5) is 0 Å². The lowest BCUT2D eigenvalue weighted by Gasteiger charge is -2.27. The third-order valence-corrected chi connectivity index (χ3v) is 6.80. The minimum Gasteiger partial charge on any atom is -0.493 e. The molecule has 0 aliphatic carbocycles. The molecule has 1 aliphatic heterocycles. The second-order valence-corrected chi connectivity index (χ2v) is 8.98. The molecule has 3 aromatic heterocycles. The zero-order valence-electron chi connectivity index (χ0n) is 19.4. The van der Waals surface area contributed by atoms with Gasteiger partial charge in [0.15, 0.2) is 11.5 Å². The van der Waals surface area contributed by atoms with Crippen LogP contribution < -0.4 is 15.0 Å². The van der Waals surface area contributed by atoms with Crippen LogP contribution in [-0.4, -0.2) is 60.0 Å². The first kappa shape index (κ1) is 22.6. The summed E-state index contributed by atoms with van der Waals surface area (Å²) in [5.41, 5.74) is 1.11. The van der Waals surface area contributed by atoms with Crippen LogP contribution in [-0.2, 0) is 17.8 Å². The average Bonchev–Trinajstić information content (AvgIpc) is 3.51. The number of methoxy groups -OCH3 is 2. The summed E-state index contributed by atoms with van der Waals surface area (Å²) in [6, 6.07) is 7.36. The number of thiophene rings is 1. The van der Waals surface area contributed by atoms with Gasteiger partial charge in [0.1, 0.15) is 17.3 Å². The number of aromatic nitrogens is 3. The number of nitrogens with zero attached hydrogens (tertiary/aromatic N) is 4. The van der Waals surface area contributed by atoms with Gasteiger partial charge in [-0.1, -0.05) is 6.07 Å². The van der Waals surface area contributed by atoms with Crippen LogP contribution >= 0.6 is 11.3 Å². The number of rotatable bonds is 7. The van der Waals surface area contributed by atoms with Crippen LogP contribution in [0.25, 0.3) is 21.7 Å². The van der Waals surface area contributed by atoms with E-state index in [1.807, 2.05) is 24.4 Å². The fraction of sp³-hybridized carbons (Fsp3) is 0.375. The number of aryl methyl sites for hydroxylation is 1. The first-order valence-electron chi connectivity index (χ1n) is 11.0. The molecule has 0 N–H and O–H groups in total. The summed E-state index contributed by atoms with van der Waals surface area (Å²) in [7, 11) is 3.12. The second-order valence-electron chi connectivity index (χ2n) is 8.03. The Kier molecular flexibility index (Phi) is 6.36. The van der Waals surface area contributed by atoms with E-state index in [0.29, 0.717) is 65.3 Å². The molecule has 34 heavy (non-hydrogen) atoms. The normalized spacial score (nSPS) is 14.6. The summed E-state index contributed by atoms with van der Waals surface area (Å²) in [6.45, 7) is 5.55. The summed E-state index contributed by atoms with van der Waals surface area (Å²) in [4.78, 5) is 26.5. The summed E-state index contributed by atoms with van der Waals surface area (Å²) >= 11 is 1.56. The van der Waals surface area contributed by atoms with Crippen LogP contribution in [0, 0.1) is 6.92 Å². The summed E-state index contributed by atoms with van der Waals surface area (Å²) in [5.74, 6) is 2.92. The van der Waals surface area contributed by atoms with E-state index >= 15 is 0 Å². The predicted molar refractivity (Wildman–Crippen MR) is 129 cm³/mol. The van der Waals surface area contributed by atoms with Gasteiger partial charge in [-0.25, -0.2) is 9.97 Å². The number of fused-ring (bicyclic) bond motifs is 1. The monoisotopic (exact) mass is 482 g/mol. The van der Waals surface area contributed by atoms with E-state index in [9.17, 15) is 4.79 Å². The number of benzene rings is 1. The second kappa shape index (κ2) is 9.57. The Morgan fingerprint density at radius 1 is 1.09 bits per heavy atom. The van der Waals surface area contributed by atoms with Gasteiger partial charge < -0.3 is 18.6 Å². The molecule has 0 atom stereocenters. The quantitative estimate of drug-likeness (QED) is 0.396. The van der Waals surface area contributed by atoms with E-state index in [1.54, 1.807) is 42.3 Å². The van der Waals surface area contributed by atoms with Crippen LogP contribution in [0.5, 0.6) is 11.5 Å². The van der Waals surface area contributed by atoms with Crippen molar-refractivity contribution in [1.82, 2.24) is 19.4 Å². The standard InChI is InChI=1S/C24H26N4O5S/c1-15-18(26-23(33-15)21-5-4-10-34-21)13-28-22(14-27-6-8-32-9-7-27)25-17-12-20(31-3)19(30-2)11-16(17)24(28)29/h4-5,10-12H,6-9,13-14H2,1-3H3. The molecule has 9 nitrogen and oxygen atoms in total. The van der Waals surface area contributed by atoms with Crippen molar-refractivity contribution in [3.63, 3.8) is 0 Å². The van der Waals surface area contributed by atoms with E-state index < -0.39 is 0 Å². The third-order valence-electron chi connectivity index (χ3n) is 5.94. The molecule has 5 rings (SSSR count). The van der Waals surface area contributed by atoms with E-state index in [0.717, 1.165) is 18.0 Å². The highest BCUT2D eigenvalue weighted by Crippen LogP contribution is 2.31. The minimum atomic E-state index is -0.158. The van der Waals surface area contributed by atoms with Crippen molar-refractivity contribution in [3.8, 4) is 22.3 Å². The van der Waals surface area contributed by atoms with Crippen molar-refractivity contribution >= 4 is 22.2 Å². The number of hydrogen-bond acceptors (Lipinski definition) is 9. The smallest absolute Gasteiger partial charge is 0.261 e. The van der Waals surface area contributed by atoms with Gasteiger partial charge in [-0.05, 0) is 24.4 Å². The van der Waals surface area contributed by atoms with Crippen molar-refractivity contribution in [2.45, 2.75) is 20.0 Å². The Morgan fingerprint density at radius 2 is 1.85 bits per heavy atom. The largest absolute Gasteiger partial charge is 0.493 e. The highest BCUT2D eigenvalue weighted by Gasteiger charge is 2.21. The van der Waals surface area contributed by atoms with Gasteiger partial charge in [0.25, 0.3) is 5.56 Å². The molecular formula is C24H26N4O5S. The Hall–Kier alpha value is -3.21. The fourth-order valence-corrected chi connectivity index (χ4v) is 4.72. The molecule has 0 amide bonds. The Bertz CT molecular complexity index is 1360. The molecule has 10 heteroatoms. The molecule has 178 valence electrons. The molecule has 1 aliphatic rings. The van der Waals surface area contributed by atoms with Gasteiger partial charge in [-0.3, -0.25) is 14.3 Å². The van der Waals surface area contributed by atoms with E-state index in [2.05, 4.69) is 4.90 Å². The summed E-state index contributed by atoms with van der Waals surface area (Å²) in [6.07, 6.45) is 0. The topological polar surface area (TPSA) is 91.9 Å². The highest BCUT2D eigenvalue weighted by atomic mass is 32.1. The Balaban J connectivity index is 1.61. The molecule has 0 radical (unpaired) electrons. The predicted octanol–water partition coefficient (Wildman–Crippen LogP) is 3.32. The molecule has 1 fully saturated rings. The van der Waals surface area contributed by atoms with Gasteiger partial charge >= 0.3 is 0 Å². The first-order valence-corrected chi connectivity index (χ1v) is 11.9. The molecule has 1 saturated heterocycles. The van der Waals surface area contributed by atoms with Crippen molar-refractivity contribution < 1.29 is 18.6 Å². The fourth-order valence-electron chi connectivity index (χ4n) is 4.07. The number of ether oxygens (including phenoxy) is 3.